The van der Waals surface area contributed by atoms with Gasteiger partial charge in [0.25, 0.3) is 0 Å². The number of aromatic nitrogens is 2. The number of halogens is 3. The molecular weight excluding hydrogens is 349 g/mol. The quantitative estimate of drug-likeness (QED) is 0.828. The Morgan fingerprint density at radius 3 is 2.58 bits per heavy atom. The fourth-order valence-corrected chi connectivity index (χ4v) is 2.36. The van der Waals surface area contributed by atoms with Crippen LogP contribution < -0.4 is 5.32 Å². The topological polar surface area (TPSA) is 71.3 Å². The third-order valence-corrected chi connectivity index (χ3v) is 3.83. The molecule has 6 nitrogen and oxygen atoms in total. The summed E-state index contributed by atoms with van der Waals surface area (Å²) in [5, 5.41) is 6.11. The van der Waals surface area contributed by atoms with E-state index in [0.29, 0.717) is 5.56 Å². The number of carbonyl (C=O) groups is 1. The van der Waals surface area contributed by atoms with E-state index in [9.17, 15) is 18.0 Å². The van der Waals surface area contributed by atoms with Gasteiger partial charge in [0.15, 0.2) is 0 Å². The summed E-state index contributed by atoms with van der Waals surface area (Å²) < 4.78 is 41.7. The number of rotatable bonds is 5. The van der Waals surface area contributed by atoms with Crippen molar-refractivity contribution in [1.82, 2.24) is 20.4 Å². The van der Waals surface area contributed by atoms with Gasteiger partial charge in [-0.3, -0.25) is 0 Å². The van der Waals surface area contributed by atoms with Gasteiger partial charge in [0, 0.05) is 18.2 Å². The second-order valence-electron chi connectivity index (χ2n) is 5.84. The first-order valence-corrected chi connectivity index (χ1v) is 7.86. The second-order valence-corrected chi connectivity index (χ2v) is 5.84. The zero-order valence-corrected chi connectivity index (χ0v) is 13.6. The zero-order valence-electron chi connectivity index (χ0n) is 13.6. The molecule has 136 valence electrons. The number of alkyl halides is 3. The van der Waals surface area contributed by atoms with Gasteiger partial charge < -0.3 is 14.7 Å². The molecule has 0 atom stereocenters. The van der Waals surface area contributed by atoms with Gasteiger partial charge in [0.2, 0.25) is 5.82 Å². The highest BCUT2D eigenvalue weighted by molar-refractivity contribution is 5.75. The number of hydrogen-bond donors (Lipinski definition) is 1. The maximum absolute atomic E-state index is 12.5. The van der Waals surface area contributed by atoms with E-state index in [2.05, 4.69) is 25.9 Å². The third-order valence-electron chi connectivity index (χ3n) is 3.83. The van der Waals surface area contributed by atoms with Gasteiger partial charge in [-0.25, -0.2) is 4.79 Å². The van der Waals surface area contributed by atoms with Crippen LogP contribution in [0, 0.1) is 12.3 Å². The highest BCUT2D eigenvalue weighted by atomic mass is 19.4. The van der Waals surface area contributed by atoms with Crippen LogP contribution in [0.3, 0.4) is 0 Å². The van der Waals surface area contributed by atoms with Crippen LogP contribution >= 0.6 is 0 Å². The Morgan fingerprint density at radius 1 is 1.35 bits per heavy atom. The summed E-state index contributed by atoms with van der Waals surface area (Å²) in [6, 6.07) is 6.43. The van der Waals surface area contributed by atoms with E-state index < -0.39 is 12.1 Å². The van der Waals surface area contributed by atoms with Gasteiger partial charge in [-0.15, -0.1) is 6.42 Å². The van der Waals surface area contributed by atoms with E-state index in [4.69, 9.17) is 6.42 Å². The van der Waals surface area contributed by atoms with Gasteiger partial charge in [0.1, 0.15) is 0 Å². The maximum Gasteiger partial charge on any atom is 0.471 e. The number of nitrogens with one attached hydrogen (secondary N) is 1. The van der Waals surface area contributed by atoms with Crippen LogP contribution in [-0.2, 0) is 12.7 Å². The molecule has 26 heavy (non-hydrogen) atoms. The molecule has 9 heteroatoms. The van der Waals surface area contributed by atoms with Crippen LogP contribution in [0.4, 0.5) is 18.0 Å². The summed E-state index contributed by atoms with van der Waals surface area (Å²) in [5.41, 5.74) is 1.16. The Bertz CT molecular complexity index is 820. The van der Waals surface area contributed by atoms with E-state index in [1.807, 2.05) is 0 Å². The lowest BCUT2D eigenvalue weighted by Crippen LogP contribution is -2.41. The molecular formula is C17H15F3N4O2. The molecule has 0 aliphatic heterocycles. The van der Waals surface area contributed by atoms with Crippen molar-refractivity contribution in [2.75, 3.05) is 6.54 Å². The van der Waals surface area contributed by atoms with Crippen molar-refractivity contribution in [2.45, 2.75) is 31.6 Å². The Kier molecular flexibility index (Phi) is 4.84. The normalized spacial score (nSPS) is 13.9. The van der Waals surface area contributed by atoms with Crippen LogP contribution in [0.2, 0.25) is 0 Å². The van der Waals surface area contributed by atoms with Gasteiger partial charge in [0.05, 0.1) is 6.54 Å². The van der Waals surface area contributed by atoms with Crippen LogP contribution in [-0.4, -0.2) is 33.7 Å². The molecule has 0 unspecified atom stereocenters. The average molecular weight is 364 g/mol. The molecule has 1 heterocycles. The average Bonchev–Trinajstić information content (AvgIpc) is 3.31. The Labute approximate surface area is 147 Å². The third kappa shape index (κ3) is 4.14. The smallest absolute Gasteiger partial charge is 0.334 e. The minimum atomic E-state index is -4.68. The van der Waals surface area contributed by atoms with Crippen molar-refractivity contribution in [3.63, 3.8) is 0 Å². The lowest BCUT2D eigenvalue weighted by atomic mass is 10.1. The molecule has 1 aromatic carbocycles. The molecule has 0 spiro atoms. The van der Waals surface area contributed by atoms with Crippen molar-refractivity contribution >= 4 is 6.03 Å². The minimum Gasteiger partial charge on any atom is -0.334 e. The van der Waals surface area contributed by atoms with Crippen molar-refractivity contribution in [1.29, 1.82) is 0 Å². The van der Waals surface area contributed by atoms with Gasteiger partial charge >= 0.3 is 18.1 Å². The highest BCUT2D eigenvalue weighted by Crippen LogP contribution is 2.29. The van der Waals surface area contributed by atoms with Crippen molar-refractivity contribution in [3.05, 3.63) is 35.7 Å². The molecule has 1 aliphatic carbocycles. The summed E-state index contributed by atoms with van der Waals surface area (Å²) in [7, 11) is 0. The predicted octanol–water partition coefficient (Wildman–Crippen LogP) is 3.06. The van der Waals surface area contributed by atoms with E-state index in [1.54, 1.807) is 29.2 Å². The van der Waals surface area contributed by atoms with Crippen molar-refractivity contribution < 1.29 is 22.5 Å². The molecule has 1 fully saturated rings. The predicted molar refractivity (Wildman–Crippen MR) is 85.5 cm³/mol. The van der Waals surface area contributed by atoms with Crippen LogP contribution in [0.25, 0.3) is 11.4 Å². The number of amides is 2. The first kappa shape index (κ1) is 17.8. The monoisotopic (exact) mass is 364 g/mol. The van der Waals surface area contributed by atoms with E-state index in [1.165, 1.54) is 0 Å². The standard InChI is InChI=1S/C17H15F3N4O2/c1-2-9-24(13-7-8-13)16(25)21-10-11-3-5-12(6-4-11)14-22-15(26-23-14)17(18,19)20/h1,3-6,13H,7-10H2,(H,21,25). The fourth-order valence-electron chi connectivity index (χ4n) is 2.36. The first-order chi connectivity index (χ1) is 12.4. The zero-order chi connectivity index (χ0) is 18.7. The molecule has 1 N–H and O–H groups in total. The molecule has 0 radical (unpaired) electrons. The second kappa shape index (κ2) is 7.07. The fraction of sp³-hybridized carbons (Fsp3) is 0.353. The Hall–Kier alpha value is -3.02. The molecule has 0 bridgehead atoms. The highest BCUT2D eigenvalue weighted by Gasteiger charge is 2.38. The Balaban J connectivity index is 1.60. The number of carbonyl (C=O) groups excluding carboxylic acids is 1. The maximum atomic E-state index is 12.5. The number of nitrogens with zero attached hydrogens (tertiary/aromatic N) is 3. The summed E-state index contributed by atoms with van der Waals surface area (Å²) in [6.45, 7) is 0.530. The molecule has 1 saturated carbocycles. The number of benzene rings is 1. The molecule has 0 saturated heterocycles. The van der Waals surface area contributed by atoms with Gasteiger partial charge in [-0.1, -0.05) is 35.3 Å². The first-order valence-electron chi connectivity index (χ1n) is 7.86. The van der Waals surface area contributed by atoms with Crippen LogP contribution in [0.1, 0.15) is 24.3 Å². The molecule has 2 amide bonds. The summed E-state index contributed by atoms with van der Waals surface area (Å²) in [4.78, 5) is 17.1. The lowest BCUT2D eigenvalue weighted by molar-refractivity contribution is -0.159. The number of urea groups is 1. The SMILES string of the molecule is C#CCN(C(=O)NCc1ccc(-c2noc(C(F)(F)F)n2)cc1)C1CC1. The largest absolute Gasteiger partial charge is 0.471 e. The van der Waals surface area contributed by atoms with Gasteiger partial charge in [-0.05, 0) is 18.4 Å². The van der Waals surface area contributed by atoms with Gasteiger partial charge in [-0.2, -0.15) is 18.2 Å². The van der Waals surface area contributed by atoms with Crippen LogP contribution in [0.15, 0.2) is 28.8 Å². The lowest BCUT2D eigenvalue weighted by Gasteiger charge is -2.20. The number of terminal acetylenes is 1. The summed E-state index contributed by atoms with van der Waals surface area (Å²) in [6.07, 6.45) is 2.51. The Morgan fingerprint density at radius 2 is 2.04 bits per heavy atom. The summed E-state index contributed by atoms with van der Waals surface area (Å²) in [5.74, 6) is 0.926. The van der Waals surface area contributed by atoms with E-state index >= 15 is 0 Å². The van der Waals surface area contributed by atoms with E-state index in [0.717, 1.165) is 18.4 Å². The molecule has 1 aromatic heterocycles. The van der Waals surface area contributed by atoms with Crippen molar-refractivity contribution in [2.24, 2.45) is 0 Å². The van der Waals surface area contributed by atoms with Crippen molar-refractivity contribution in [3.8, 4) is 23.7 Å². The minimum absolute atomic E-state index is 0.151. The molecule has 2 aromatic rings. The number of hydrogen-bond acceptors (Lipinski definition) is 4. The molecule has 3 rings (SSSR count). The summed E-state index contributed by atoms with van der Waals surface area (Å²) >= 11 is 0. The van der Waals surface area contributed by atoms with Crippen LogP contribution in [0.5, 0.6) is 0 Å². The molecule has 1 aliphatic rings. The van der Waals surface area contributed by atoms with E-state index in [-0.39, 0.29) is 31.0 Å².